The van der Waals surface area contributed by atoms with Crippen molar-refractivity contribution >= 4 is 5.91 Å². The SMILES string of the molecule is O=C(NCc1ccco1)c1ccc(-n2cnnc2)cc1. The van der Waals surface area contributed by atoms with Gasteiger partial charge in [0.25, 0.3) is 5.91 Å². The predicted octanol–water partition coefficient (Wildman–Crippen LogP) is 1.79. The number of carbonyl (C=O) groups is 1. The van der Waals surface area contributed by atoms with Gasteiger partial charge >= 0.3 is 0 Å². The van der Waals surface area contributed by atoms with Gasteiger partial charge in [-0.15, -0.1) is 10.2 Å². The van der Waals surface area contributed by atoms with E-state index in [1.165, 1.54) is 0 Å². The molecular formula is C14H12N4O2. The first-order chi connectivity index (χ1) is 9.83. The van der Waals surface area contributed by atoms with E-state index in [1.807, 2.05) is 18.2 Å². The van der Waals surface area contributed by atoms with Crippen molar-refractivity contribution < 1.29 is 9.21 Å². The molecule has 0 unspecified atom stereocenters. The largest absolute Gasteiger partial charge is 0.467 e. The molecule has 6 nitrogen and oxygen atoms in total. The predicted molar refractivity (Wildman–Crippen MR) is 71.2 cm³/mol. The summed E-state index contributed by atoms with van der Waals surface area (Å²) in [5, 5.41) is 10.3. The normalized spacial score (nSPS) is 10.4. The number of benzene rings is 1. The standard InChI is InChI=1S/C14H12N4O2/c19-14(15-8-13-2-1-7-20-13)11-3-5-12(6-4-11)18-9-16-17-10-18/h1-7,9-10H,8H2,(H,15,19). The lowest BCUT2D eigenvalue weighted by Gasteiger charge is -2.05. The van der Waals surface area contributed by atoms with Crippen molar-refractivity contribution in [3.05, 3.63) is 66.6 Å². The highest BCUT2D eigenvalue weighted by Gasteiger charge is 2.06. The topological polar surface area (TPSA) is 73.0 Å². The van der Waals surface area contributed by atoms with Crippen LogP contribution >= 0.6 is 0 Å². The molecule has 0 atom stereocenters. The van der Waals surface area contributed by atoms with E-state index in [0.717, 1.165) is 11.4 Å². The smallest absolute Gasteiger partial charge is 0.251 e. The molecule has 20 heavy (non-hydrogen) atoms. The van der Waals surface area contributed by atoms with E-state index in [4.69, 9.17) is 4.42 Å². The van der Waals surface area contributed by atoms with Crippen molar-refractivity contribution in [3.8, 4) is 5.69 Å². The molecule has 0 aliphatic carbocycles. The van der Waals surface area contributed by atoms with Crippen LogP contribution in [0.1, 0.15) is 16.1 Å². The molecule has 0 radical (unpaired) electrons. The van der Waals surface area contributed by atoms with Gasteiger partial charge in [-0.2, -0.15) is 0 Å². The molecule has 0 bridgehead atoms. The number of nitrogens with one attached hydrogen (secondary N) is 1. The van der Waals surface area contributed by atoms with Gasteiger partial charge in [-0.05, 0) is 36.4 Å². The number of aromatic nitrogens is 3. The third-order valence-electron chi connectivity index (χ3n) is 2.85. The lowest BCUT2D eigenvalue weighted by atomic mass is 10.2. The van der Waals surface area contributed by atoms with Crippen LogP contribution in [0.3, 0.4) is 0 Å². The summed E-state index contributed by atoms with van der Waals surface area (Å²) in [4.78, 5) is 12.0. The van der Waals surface area contributed by atoms with Gasteiger partial charge in [0.05, 0.1) is 12.8 Å². The van der Waals surface area contributed by atoms with Crippen LogP contribution in [0.15, 0.2) is 59.7 Å². The van der Waals surface area contributed by atoms with Gasteiger partial charge in [0.1, 0.15) is 18.4 Å². The van der Waals surface area contributed by atoms with Gasteiger partial charge in [0, 0.05) is 11.3 Å². The second kappa shape index (κ2) is 5.40. The number of furan rings is 1. The van der Waals surface area contributed by atoms with Crippen LogP contribution in [0.2, 0.25) is 0 Å². The highest BCUT2D eigenvalue weighted by atomic mass is 16.3. The van der Waals surface area contributed by atoms with Crippen LogP contribution in [0, 0.1) is 0 Å². The number of hydrogen-bond donors (Lipinski definition) is 1. The molecule has 3 rings (SSSR count). The van der Waals surface area contributed by atoms with Gasteiger partial charge in [-0.25, -0.2) is 0 Å². The first-order valence-electron chi connectivity index (χ1n) is 6.08. The Hall–Kier alpha value is -2.89. The first kappa shape index (κ1) is 12.2. The Morgan fingerprint density at radius 2 is 1.90 bits per heavy atom. The average molecular weight is 268 g/mol. The molecule has 1 amide bonds. The fourth-order valence-electron chi connectivity index (χ4n) is 1.80. The number of hydrogen-bond acceptors (Lipinski definition) is 4. The summed E-state index contributed by atoms with van der Waals surface area (Å²) in [5.41, 5.74) is 1.49. The maximum absolute atomic E-state index is 12.0. The highest BCUT2D eigenvalue weighted by molar-refractivity contribution is 5.94. The second-order valence-electron chi connectivity index (χ2n) is 4.18. The Labute approximate surface area is 115 Å². The van der Waals surface area contributed by atoms with E-state index in [-0.39, 0.29) is 5.91 Å². The molecule has 2 aromatic heterocycles. The minimum atomic E-state index is -0.142. The molecule has 3 aromatic rings. The number of carbonyl (C=O) groups excluding carboxylic acids is 1. The summed E-state index contributed by atoms with van der Waals surface area (Å²) in [6, 6.07) is 10.8. The van der Waals surface area contributed by atoms with E-state index in [0.29, 0.717) is 12.1 Å². The Morgan fingerprint density at radius 1 is 1.15 bits per heavy atom. The third kappa shape index (κ3) is 2.59. The van der Waals surface area contributed by atoms with Gasteiger partial charge < -0.3 is 9.73 Å². The van der Waals surface area contributed by atoms with Crippen LogP contribution in [-0.4, -0.2) is 20.7 Å². The van der Waals surface area contributed by atoms with Gasteiger partial charge in [-0.3, -0.25) is 9.36 Å². The zero-order valence-corrected chi connectivity index (χ0v) is 10.6. The summed E-state index contributed by atoms with van der Waals surface area (Å²) < 4.78 is 6.92. The highest BCUT2D eigenvalue weighted by Crippen LogP contribution is 2.09. The quantitative estimate of drug-likeness (QED) is 0.783. The van der Waals surface area contributed by atoms with Gasteiger partial charge in [0.2, 0.25) is 0 Å². The van der Waals surface area contributed by atoms with Gasteiger partial charge in [-0.1, -0.05) is 0 Å². The van der Waals surface area contributed by atoms with E-state index < -0.39 is 0 Å². The average Bonchev–Trinajstić information content (AvgIpc) is 3.18. The van der Waals surface area contributed by atoms with Crippen molar-refractivity contribution in [1.82, 2.24) is 20.1 Å². The van der Waals surface area contributed by atoms with E-state index >= 15 is 0 Å². The van der Waals surface area contributed by atoms with E-state index in [9.17, 15) is 4.79 Å². The minimum Gasteiger partial charge on any atom is -0.467 e. The molecule has 100 valence electrons. The molecular weight excluding hydrogens is 256 g/mol. The minimum absolute atomic E-state index is 0.142. The van der Waals surface area contributed by atoms with Crippen LogP contribution in [0.25, 0.3) is 5.69 Å². The van der Waals surface area contributed by atoms with Gasteiger partial charge in [0.15, 0.2) is 0 Å². The molecule has 0 spiro atoms. The van der Waals surface area contributed by atoms with E-state index in [2.05, 4.69) is 15.5 Å². The maximum atomic E-state index is 12.0. The molecule has 1 aromatic carbocycles. The molecule has 0 aliphatic heterocycles. The van der Waals surface area contributed by atoms with Crippen LogP contribution < -0.4 is 5.32 Å². The molecule has 0 fully saturated rings. The Balaban J connectivity index is 1.66. The lowest BCUT2D eigenvalue weighted by Crippen LogP contribution is -2.22. The number of rotatable bonds is 4. The van der Waals surface area contributed by atoms with Crippen molar-refractivity contribution in [3.63, 3.8) is 0 Å². The number of nitrogens with zero attached hydrogens (tertiary/aromatic N) is 3. The first-order valence-corrected chi connectivity index (χ1v) is 6.08. The van der Waals surface area contributed by atoms with Crippen molar-refractivity contribution in [2.75, 3.05) is 0 Å². The Kier molecular flexibility index (Phi) is 3.28. The second-order valence-corrected chi connectivity index (χ2v) is 4.18. The van der Waals surface area contributed by atoms with Crippen molar-refractivity contribution in [2.24, 2.45) is 0 Å². The summed E-state index contributed by atoms with van der Waals surface area (Å²) >= 11 is 0. The molecule has 6 heteroatoms. The molecule has 0 aliphatic rings. The molecule has 2 heterocycles. The zero-order valence-electron chi connectivity index (χ0n) is 10.6. The third-order valence-corrected chi connectivity index (χ3v) is 2.85. The summed E-state index contributed by atoms with van der Waals surface area (Å²) in [6.07, 6.45) is 4.79. The summed E-state index contributed by atoms with van der Waals surface area (Å²) in [5.74, 6) is 0.580. The summed E-state index contributed by atoms with van der Waals surface area (Å²) in [7, 11) is 0. The van der Waals surface area contributed by atoms with E-state index in [1.54, 1.807) is 41.7 Å². The molecule has 1 N–H and O–H groups in total. The monoisotopic (exact) mass is 268 g/mol. The van der Waals surface area contributed by atoms with Crippen molar-refractivity contribution in [1.29, 1.82) is 0 Å². The zero-order chi connectivity index (χ0) is 13.8. The Morgan fingerprint density at radius 3 is 2.55 bits per heavy atom. The fourth-order valence-corrected chi connectivity index (χ4v) is 1.80. The lowest BCUT2D eigenvalue weighted by molar-refractivity contribution is 0.0948. The van der Waals surface area contributed by atoms with Crippen LogP contribution in [-0.2, 0) is 6.54 Å². The number of amides is 1. The maximum Gasteiger partial charge on any atom is 0.251 e. The van der Waals surface area contributed by atoms with Crippen molar-refractivity contribution in [2.45, 2.75) is 6.54 Å². The Bertz CT molecular complexity index is 673. The van der Waals surface area contributed by atoms with Crippen LogP contribution in [0.4, 0.5) is 0 Å². The van der Waals surface area contributed by atoms with Crippen LogP contribution in [0.5, 0.6) is 0 Å². The fraction of sp³-hybridized carbons (Fsp3) is 0.0714. The molecule has 0 saturated heterocycles. The summed E-state index contributed by atoms with van der Waals surface area (Å²) in [6.45, 7) is 0.374. The molecule has 0 saturated carbocycles.